The number of Topliss-reactive ketones (excluding diaryl/α,β-unsaturated/α-hetero) is 1. The number of esters is 1. The summed E-state index contributed by atoms with van der Waals surface area (Å²) in [6.45, 7) is -0.455. The van der Waals surface area contributed by atoms with Crippen molar-refractivity contribution in [1.29, 1.82) is 0 Å². The van der Waals surface area contributed by atoms with Gasteiger partial charge in [0.25, 0.3) is 0 Å². The van der Waals surface area contributed by atoms with Gasteiger partial charge in [-0.3, -0.25) is 4.79 Å². The summed E-state index contributed by atoms with van der Waals surface area (Å²) < 4.78 is 32.5. The lowest BCUT2D eigenvalue weighted by Crippen LogP contribution is -2.14. The first-order chi connectivity index (χ1) is 11.3. The van der Waals surface area contributed by atoms with Gasteiger partial charge in [0.05, 0.1) is 17.6 Å². The molecule has 0 aliphatic carbocycles. The Bertz CT molecular complexity index is 841. The molecule has 0 atom stereocenters. The van der Waals surface area contributed by atoms with Crippen molar-refractivity contribution in [1.82, 2.24) is 4.98 Å². The van der Waals surface area contributed by atoms with E-state index in [-0.39, 0.29) is 16.0 Å². The number of carbonyl (C=O) groups excluding carboxylic acids is 2. The second kappa shape index (κ2) is 7.22. The average Bonchev–Trinajstić information content (AvgIpc) is 2.58. The first-order valence-corrected chi connectivity index (χ1v) is 8.71. The minimum absolute atomic E-state index is 0.111. The average molecular weight is 349 g/mol. The number of rotatable bonds is 6. The number of ether oxygens (including phenoxy) is 2. The number of pyridine rings is 1. The van der Waals surface area contributed by atoms with Gasteiger partial charge in [-0.25, -0.2) is 18.2 Å². The van der Waals surface area contributed by atoms with Gasteiger partial charge in [0.2, 0.25) is 5.88 Å². The van der Waals surface area contributed by atoms with Crippen molar-refractivity contribution in [2.24, 2.45) is 0 Å². The number of ketones is 1. The molecule has 0 amide bonds. The van der Waals surface area contributed by atoms with Crippen molar-refractivity contribution in [3.8, 4) is 5.88 Å². The predicted octanol–water partition coefficient (Wildman–Crippen LogP) is 1.53. The van der Waals surface area contributed by atoms with Gasteiger partial charge in [-0.2, -0.15) is 0 Å². The van der Waals surface area contributed by atoms with Crippen LogP contribution in [0.15, 0.2) is 47.5 Å². The van der Waals surface area contributed by atoms with Gasteiger partial charge < -0.3 is 9.47 Å². The summed E-state index contributed by atoms with van der Waals surface area (Å²) in [5, 5.41) is 0. The van der Waals surface area contributed by atoms with Crippen LogP contribution in [0.25, 0.3) is 0 Å². The third kappa shape index (κ3) is 4.39. The highest BCUT2D eigenvalue weighted by Crippen LogP contribution is 2.12. The molecule has 1 heterocycles. The quantitative estimate of drug-likeness (QED) is 0.576. The number of hydrogen-bond acceptors (Lipinski definition) is 7. The molecular weight excluding hydrogens is 334 g/mol. The fourth-order valence-corrected chi connectivity index (χ4v) is 2.44. The van der Waals surface area contributed by atoms with Gasteiger partial charge in [-0.05, 0) is 30.3 Å². The van der Waals surface area contributed by atoms with Crippen LogP contribution in [-0.4, -0.2) is 45.1 Å². The maximum atomic E-state index is 12.0. The Morgan fingerprint density at radius 1 is 1.04 bits per heavy atom. The normalized spacial score (nSPS) is 10.9. The van der Waals surface area contributed by atoms with Crippen molar-refractivity contribution in [3.05, 3.63) is 53.7 Å². The number of hydrogen-bond donors (Lipinski definition) is 0. The minimum atomic E-state index is -3.33. The highest BCUT2D eigenvalue weighted by molar-refractivity contribution is 7.90. The van der Waals surface area contributed by atoms with Gasteiger partial charge in [-0.15, -0.1) is 0 Å². The molecule has 0 aliphatic heterocycles. The number of aromatic nitrogens is 1. The fraction of sp³-hybridized carbons (Fsp3) is 0.188. The van der Waals surface area contributed by atoms with E-state index in [0.717, 1.165) is 6.26 Å². The highest BCUT2D eigenvalue weighted by atomic mass is 32.2. The zero-order valence-electron chi connectivity index (χ0n) is 13.1. The van der Waals surface area contributed by atoms with E-state index < -0.39 is 28.2 Å². The lowest BCUT2D eigenvalue weighted by Gasteiger charge is -2.05. The SMILES string of the molecule is COc1ccc(C(=O)OCC(=O)c2ccc(S(C)(=O)=O)cc2)cn1. The molecule has 2 rings (SSSR count). The summed E-state index contributed by atoms with van der Waals surface area (Å²) in [5.41, 5.74) is 0.444. The molecule has 0 saturated heterocycles. The fourth-order valence-electron chi connectivity index (χ4n) is 1.81. The van der Waals surface area contributed by atoms with Crippen LogP contribution in [0, 0.1) is 0 Å². The van der Waals surface area contributed by atoms with Crippen molar-refractivity contribution in [2.45, 2.75) is 4.90 Å². The summed E-state index contributed by atoms with van der Waals surface area (Å²) in [5.74, 6) is -0.773. The summed E-state index contributed by atoms with van der Waals surface area (Å²) in [7, 11) is -1.87. The summed E-state index contributed by atoms with van der Waals surface area (Å²) >= 11 is 0. The van der Waals surface area contributed by atoms with Crippen molar-refractivity contribution < 1.29 is 27.5 Å². The smallest absolute Gasteiger partial charge is 0.340 e. The lowest BCUT2D eigenvalue weighted by atomic mass is 10.1. The molecule has 1 aromatic carbocycles. The van der Waals surface area contributed by atoms with Crippen molar-refractivity contribution >= 4 is 21.6 Å². The molecule has 0 fully saturated rings. The van der Waals surface area contributed by atoms with Crippen LogP contribution in [0.4, 0.5) is 0 Å². The van der Waals surface area contributed by atoms with Crippen LogP contribution in [0.2, 0.25) is 0 Å². The van der Waals surface area contributed by atoms with Crippen LogP contribution < -0.4 is 4.74 Å². The first-order valence-electron chi connectivity index (χ1n) is 6.82. The zero-order chi connectivity index (χ0) is 17.7. The number of nitrogens with zero attached hydrogens (tertiary/aromatic N) is 1. The largest absolute Gasteiger partial charge is 0.481 e. The van der Waals surface area contributed by atoms with Crippen LogP contribution in [0.1, 0.15) is 20.7 Å². The van der Waals surface area contributed by atoms with Crippen molar-refractivity contribution in [3.63, 3.8) is 0 Å². The van der Waals surface area contributed by atoms with E-state index in [9.17, 15) is 18.0 Å². The summed E-state index contributed by atoms with van der Waals surface area (Å²) in [6, 6.07) is 8.39. The number of carbonyl (C=O) groups is 2. The first kappa shape index (κ1) is 17.6. The molecule has 0 N–H and O–H groups in total. The van der Waals surface area contributed by atoms with E-state index in [4.69, 9.17) is 9.47 Å². The topological polar surface area (TPSA) is 99.6 Å². The third-order valence-electron chi connectivity index (χ3n) is 3.12. The van der Waals surface area contributed by atoms with E-state index in [1.807, 2.05) is 0 Å². The zero-order valence-corrected chi connectivity index (χ0v) is 13.9. The Morgan fingerprint density at radius 3 is 2.17 bits per heavy atom. The summed E-state index contributed by atoms with van der Waals surface area (Å²) in [4.78, 5) is 27.8. The van der Waals surface area contributed by atoms with E-state index in [1.165, 1.54) is 49.7 Å². The summed E-state index contributed by atoms with van der Waals surface area (Å²) in [6.07, 6.45) is 2.36. The lowest BCUT2D eigenvalue weighted by molar-refractivity contribution is 0.0474. The van der Waals surface area contributed by atoms with Crippen LogP contribution in [0.5, 0.6) is 5.88 Å². The molecule has 1 aromatic heterocycles. The number of sulfone groups is 1. The Balaban J connectivity index is 1.98. The van der Waals surface area contributed by atoms with Gasteiger partial charge in [0.15, 0.2) is 22.2 Å². The molecular formula is C16H15NO6S. The maximum Gasteiger partial charge on any atom is 0.340 e. The second-order valence-corrected chi connectivity index (χ2v) is 6.90. The molecule has 126 valence electrons. The van der Waals surface area contributed by atoms with Crippen LogP contribution >= 0.6 is 0 Å². The molecule has 0 unspecified atom stereocenters. The predicted molar refractivity (Wildman–Crippen MR) is 85.0 cm³/mol. The molecule has 8 heteroatoms. The monoisotopic (exact) mass is 349 g/mol. The number of methoxy groups -OCH3 is 1. The molecule has 0 bridgehead atoms. The Hall–Kier alpha value is -2.74. The van der Waals surface area contributed by atoms with Crippen molar-refractivity contribution in [2.75, 3.05) is 20.0 Å². The maximum absolute atomic E-state index is 12.0. The molecule has 0 radical (unpaired) electrons. The third-order valence-corrected chi connectivity index (χ3v) is 4.25. The Kier molecular flexibility index (Phi) is 5.30. The van der Waals surface area contributed by atoms with E-state index >= 15 is 0 Å². The standard InChI is InChI=1S/C16H15NO6S/c1-22-15-8-5-12(9-17-15)16(19)23-10-14(18)11-3-6-13(7-4-11)24(2,20)21/h3-9H,10H2,1-2H3. The Morgan fingerprint density at radius 2 is 1.67 bits per heavy atom. The highest BCUT2D eigenvalue weighted by Gasteiger charge is 2.14. The molecule has 0 spiro atoms. The molecule has 0 saturated carbocycles. The number of benzene rings is 1. The van der Waals surface area contributed by atoms with E-state index in [0.29, 0.717) is 5.88 Å². The molecule has 0 aliphatic rings. The van der Waals surface area contributed by atoms with Gasteiger partial charge >= 0.3 is 5.97 Å². The van der Waals surface area contributed by atoms with Gasteiger partial charge in [-0.1, -0.05) is 0 Å². The van der Waals surface area contributed by atoms with Crippen LogP contribution in [0.3, 0.4) is 0 Å². The van der Waals surface area contributed by atoms with Crippen LogP contribution in [-0.2, 0) is 14.6 Å². The van der Waals surface area contributed by atoms with E-state index in [2.05, 4.69) is 4.98 Å². The molecule has 7 nitrogen and oxygen atoms in total. The van der Waals surface area contributed by atoms with E-state index in [1.54, 1.807) is 0 Å². The Labute approximate surface area is 139 Å². The molecule has 24 heavy (non-hydrogen) atoms. The van der Waals surface area contributed by atoms with Gasteiger partial charge in [0, 0.05) is 24.1 Å². The minimum Gasteiger partial charge on any atom is -0.481 e. The van der Waals surface area contributed by atoms with Gasteiger partial charge in [0.1, 0.15) is 0 Å². The molecule has 2 aromatic rings. The second-order valence-electron chi connectivity index (χ2n) is 4.89.